The second kappa shape index (κ2) is 5.51. The quantitative estimate of drug-likeness (QED) is 0.620. The molecule has 2 aromatic carbocycles. The Morgan fingerprint density at radius 3 is 2.10 bits per heavy atom. The van der Waals surface area contributed by atoms with Gasteiger partial charge in [-0.05, 0) is 0 Å². The van der Waals surface area contributed by atoms with E-state index in [0.29, 0.717) is 0 Å². The third-order valence-electron chi connectivity index (χ3n) is 3.08. The number of hydrogen-bond acceptors (Lipinski definition) is 1. The molecule has 0 amide bonds. The van der Waals surface area contributed by atoms with Crippen LogP contribution in [-0.2, 0) is 6.18 Å². The molecule has 0 radical (unpaired) electrons. The molecule has 0 saturated carbocycles. The predicted molar refractivity (Wildman–Crippen MR) is 77.1 cm³/mol. The summed E-state index contributed by atoms with van der Waals surface area (Å²) in [6.07, 6.45) is -4.30. The van der Waals surface area contributed by atoms with Gasteiger partial charge in [0.25, 0.3) is 0 Å². The molecule has 5 heteroatoms. The maximum absolute atomic E-state index is 12.5. The monoisotopic (exact) mass is 353 g/mol. The zero-order valence-electron chi connectivity index (χ0n) is 10.8. The normalized spacial score (nSPS) is 11.6. The number of aromatic nitrogens is 1. The van der Waals surface area contributed by atoms with E-state index < -0.39 is 11.7 Å². The Hall–Kier alpha value is -1.84. The van der Waals surface area contributed by atoms with Crippen LogP contribution >= 0.6 is 0 Å². The van der Waals surface area contributed by atoms with Crippen molar-refractivity contribution in [2.75, 3.05) is 0 Å². The van der Waals surface area contributed by atoms with Crippen molar-refractivity contribution in [2.24, 2.45) is 0 Å². The molecule has 0 aliphatic carbocycles. The Labute approximate surface area is 126 Å². The van der Waals surface area contributed by atoms with Crippen molar-refractivity contribution in [1.29, 1.82) is 0 Å². The Morgan fingerprint density at radius 1 is 0.810 bits per heavy atom. The van der Waals surface area contributed by atoms with E-state index in [1.165, 1.54) is 12.1 Å². The second-order valence-corrected chi connectivity index (χ2v) is 6.21. The van der Waals surface area contributed by atoms with Crippen LogP contribution in [0.15, 0.2) is 60.7 Å². The van der Waals surface area contributed by atoms with Crippen molar-refractivity contribution in [3.63, 3.8) is 0 Å². The molecule has 3 aromatic rings. The number of benzene rings is 2. The van der Waals surface area contributed by atoms with Crippen molar-refractivity contribution in [3.8, 4) is 21.3 Å². The van der Waals surface area contributed by atoms with Crippen LogP contribution in [0.1, 0.15) is 5.56 Å². The first-order chi connectivity index (χ1) is 10.0. The number of halogens is 3. The van der Waals surface area contributed by atoms with Crippen LogP contribution in [0.25, 0.3) is 21.3 Å². The van der Waals surface area contributed by atoms with Crippen molar-refractivity contribution in [3.05, 3.63) is 66.2 Å². The van der Waals surface area contributed by atoms with Crippen molar-refractivity contribution >= 4 is 14.7 Å². The van der Waals surface area contributed by atoms with Gasteiger partial charge in [-0.3, -0.25) is 0 Å². The van der Waals surface area contributed by atoms with Crippen LogP contribution in [0.3, 0.4) is 0 Å². The fourth-order valence-electron chi connectivity index (χ4n) is 1.98. The summed E-state index contributed by atoms with van der Waals surface area (Å²) in [4.78, 5) is 0. The summed E-state index contributed by atoms with van der Waals surface area (Å²) in [5, 5.41) is 0. The van der Waals surface area contributed by atoms with Gasteiger partial charge in [0, 0.05) is 0 Å². The van der Waals surface area contributed by atoms with Gasteiger partial charge in [0.1, 0.15) is 0 Å². The summed E-state index contributed by atoms with van der Waals surface area (Å²) in [6.45, 7) is 0. The van der Waals surface area contributed by atoms with Crippen LogP contribution in [0.4, 0.5) is 13.2 Å². The van der Waals surface area contributed by atoms with Gasteiger partial charge in [0.2, 0.25) is 0 Å². The fourth-order valence-corrected chi connectivity index (χ4v) is 3.58. The van der Waals surface area contributed by atoms with E-state index in [-0.39, 0.29) is 14.7 Å². The van der Waals surface area contributed by atoms with Crippen LogP contribution in [0.2, 0.25) is 0 Å². The Balaban J connectivity index is 1.90. The predicted octanol–water partition coefficient (Wildman–Crippen LogP) is 4.49. The van der Waals surface area contributed by atoms with E-state index in [1.807, 2.05) is 36.4 Å². The third-order valence-corrected chi connectivity index (χ3v) is 4.84. The van der Waals surface area contributed by atoms with Gasteiger partial charge >= 0.3 is 126 Å². The van der Waals surface area contributed by atoms with Gasteiger partial charge in [0.05, 0.1) is 0 Å². The molecule has 1 nitrogen and oxygen atoms in total. The molecular formula is C16H10F3NSe. The summed E-state index contributed by atoms with van der Waals surface area (Å²) in [7, 11) is 0. The Morgan fingerprint density at radius 2 is 1.48 bits per heavy atom. The van der Waals surface area contributed by atoms with Crippen molar-refractivity contribution in [2.45, 2.75) is 6.18 Å². The standard InChI is InChI=1S/C16H10F3NSe/c17-16(18,19)13-8-6-11(7-9-13)14-10-15(21-20-14)12-4-2-1-3-5-12/h1-10H. The molecule has 0 aliphatic heterocycles. The SMILES string of the molecule is FC(F)(F)c1ccc(-c2cc(-c3ccccc3)[se]n2)cc1. The summed E-state index contributed by atoms with van der Waals surface area (Å²) >= 11 is -0.0284. The minimum atomic E-state index is -4.30. The number of nitrogens with zero attached hydrogens (tertiary/aromatic N) is 1. The topological polar surface area (TPSA) is 12.9 Å². The van der Waals surface area contributed by atoms with Crippen LogP contribution in [0, 0.1) is 0 Å². The summed E-state index contributed by atoms with van der Waals surface area (Å²) in [5.74, 6) is 0. The van der Waals surface area contributed by atoms with E-state index in [4.69, 9.17) is 0 Å². The van der Waals surface area contributed by atoms with E-state index in [9.17, 15) is 13.2 Å². The molecule has 0 fully saturated rings. The fraction of sp³-hybridized carbons (Fsp3) is 0.0625. The maximum atomic E-state index is 12.5. The number of rotatable bonds is 2. The van der Waals surface area contributed by atoms with E-state index in [1.54, 1.807) is 0 Å². The van der Waals surface area contributed by atoms with Crippen molar-refractivity contribution in [1.82, 2.24) is 3.98 Å². The average molecular weight is 352 g/mol. The van der Waals surface area contributed by atoms with Gasteiger partial charge in [0.15, 0.2) is 0 Å². The molecule has 0 aliphatic rings. The second-order valence-electron chi connectivity index (χ2n) is 4.52. The van der Waals surface area contributed by atoms with E-state index in [0.717, 1.165) is 33.4 Å². The molecule has 3 rings (SSSR count). The zero-order valence-corrected chi connectivity index (χ0v) is 12.5. The first-order valence-corrected chi connectivity index (χ1v) is 7.86. The van der Waals surface area contributed by atoms with Crippen LogP contribution in [-0.4, -0.2) is 18.7 Å². The first-order valence-electron chi connectivity index (χ1n) is 6.24. The summed E-state index contributed by atoms with van der Waals surface area (Å²) in [6, 6.07) is 17.0. The van der Waals surface area contributed by atoms with Gasteiger partial charge in [-0.25, -0.2) is 0 Å². The molecule has 21 heavy (non-hydrogen) atoms. The Bertz CT molecular complexity index is 730. The summed E-state index contributed by atoms with van der Waals surface area (Å²) in [5.41, 5.74) is 1.95. The van der Waals surface area contributed by atoms with Gasteiger partial charge in [-0.15, -0.1) is 0 Å². The number of alkyl halides is 3. The van der Waals surface area contributed by atoms with E-state index in [2.05, 4.69) is 3.98 Å². The van der Waals surface area contributed by atoms with Crippen LogP contribution in [0.5, 0.6) is 0 Å². The molecule has 106 valence electrons. The Kier molecular flexibility index (Phi) is 3.70. The van der Waals surface area contributed by atoms with Gasteiger partial charge < -0.3 is 0 Å². The molecule has 0 spiro atoms. The van der Waals surface area contributed by atoms with Crippen molar-refractivity contribution < 1.29 is 13.2 Å². The van der Waals surface area contributed by atoms with Gasteiger partial charge in [-0.1, -0.05) is 0 Å². The third kappa shape index (κ3) is 3.09. The average Bonchev–Trinajstić information content (AvgIpc) is 2.97. The minimum absolute atomic E-state index is 0.0284. The molecule has 0 unspecified atom stereocenters. The zero-order chi connectivity index (χ0) is 14.9. The molecule has 1 aromatic heterocycles. The molecule has 0 saturated heterocycles. The molecule has 0 atom stereocenters. The van der Waals surface area contributed by atoms with Crippen LogP contribution < -0.4 is 0 Å². The number of hydrogen-bond donors (Lipinski definition) is 0. The summed E-state index contributed by atoms with van der Waals surface area (Å²) < 4.78 is 43.2. The van der Waals surface area contributed by atoms with Gasteiger partial charge in [-0.2, -0.15) is 0 Å². The molecular weight excluding hydrogens is 342 g/mol. The molecule has 0 bridgehead atoms. The van der Waals surface area contributed by atoms with E-state index >= 15 is 0 Å². The molecule has 1 heterocycles. The first kappa shape index (κ1) is 14.1. The molecule has 0 N–H and O–H groups in total.